The molecule has 0 unspecified atom stereocenters. The topological polar surface area (TPSA) is 70.0 Å². The minimum atomic E-state index is -0.884. The average Bonchev–Trinajstić information content (AvgIpc) is 3.05. The molecule has 1 aliphatic carbocycles. The SMILES string of the molecule is C[C@@H](c1ccc(C#CC2(O)CCCC2)cc1)N1CC[C@@](C)(CC(C)(C)O)OC1=O. The van der Waals surface area contributed by atoms with Gasteiger partial charge < -0.3 is 19.8 Å². The van der Waals surface area contributed by atoms with Crippen molar-refractivity contribution in [2.24, 2.45) is 0 Å². The van der Waals surface area contributed by atoms with Crippen molar-refractivity contribution in [3.63, 3.8) is 0 Å². The van der Waals surface area contributed by atoms with Gasteiger partial charge in [0.15, 0.2) is 0 Å². The molecule has 1 aromatic rings. The molecule has 0 aromatic heterocycles. The smallest absolute Gasteiger partial charge is 0.410 e. The van der Waals surface area contributed by atoms with Crippen LogP contribution in [-0.2, 0) is 4.74 Å². The molecule has 1 saturated carbocycles. The van der Waals surface area contributed by atoms with Crippen molar-refractivity contribution in [1.82, 2.24) is 4.90 Å². The van der Waals surface area contributed by atoms with Crippen molar-refractivity contribution in [1.29, 1.82) is 0 Å². The van der Waals surface area contributed by atoms with Gasteiger partial charge in [-0.25, -0.2) is 4.79 Å². The molecular formula is C24H33NO4. The zero-order valence-electron chi connectivity index (χ0n) is 18.0. The van der Waals surface area contributed by atoms with E-state index in [0.717, 1.165) is 36.8 Å². The van der Waals surface area contributed by atoms with Crippen molar-refractivity contribution in [2.45, 2.75) is 89.1 Å². The Hall–Kier alpha value is -2.03. The summed E-state index contributed by atoms with van der Waals surface area (Å²) in [5.41, 5.74) is -0.491. The van der Waals surface area contributed by atoms with Crippen LogP contribution in [0.2, 0.25) is 0 Å². The lowest BCUT2D eigenvalue weighted by molar-refractivity contribution is -0.0859. The highest BCUT2D eigenvalue weighted by molar-refractivity contribution is 5.69. The summed E-state index contributed by atoms with van der Waals surface area (Å²) >= 11 is 0. The third-order valence-electron chi connectivity index (χ3n) is 5.99. The molecule has 2 atom stereocenters. The summed E-state index contributed by atoms with van der Waals surface area (Å²) in [5.74, 6) is 6.11. The van der Waals surface area contributed by atoms with E-state index >= 15 is 0 Å². The third-order valence-corrected chi connectivity index (χ3v) is 5.99. The summed E-state index contributed by atoms with van der Waals surface area (Å²) in [4.78, 5) is 14.4. The molecule has 0 spiro atoms. The molecular weight excluding hydrogens is 366 g/mol. The normalized spacial score (nSPS) is 25.2. The summed E-state index contributed by atoms with van der Waals surface area (Å²) in [7, 11) is 0. The number of carbonyl (C=O) groups excluding carboxylic acids is 1. The molecule has 3 rings (SSSR count). The predicted octanol–water partition coefficient (Wildman–Crippen LogP) is 4.17. The maximum Gasteiger partial charge on any atom is 0.410 e. The standard InChI is InChI=1S/C24H33NO4/c1-18(25-16-15-23(4,29-21(25)26)17-22(2,3)27)20-9-7-19(8-10-20)11-14-24(28)12-5-6-13-24/h7-10,18,27-28H,5-6,12-13,15-17H2,1-4H3/t18-,23-/m0/s1. The predicted molar refractivity (Wildman–Crippen MR) is 112 cm³/mol. The second-order valence-corrected chi connectivity index (χ2v) is 9.54. The lowest BCUT2D eigenvalue weighted by Crippen LogP contribution is -2.51. The zero-order valence-corrected chi connectivity index (χ0v) is 18.0. The molecule has 5 heteroatoms. The second-order valence-electron chi connectivity index (χ2n) is 9.54. The molecule has 1 saturated heterocycles. The largest absolute Gasteiger partial charge is 0.443 e. The van der Waals surface area contributed by atoms with Gasteiger partial charge in [-0.05, 0) is 71.1 Å². The Bertz CT molecular complexity index is 793. The van der Waals surface area contributed by atoms with E-state index in [2.05, 4.69) is 11.8 Å². The Labute approximate surface area is 174 Å². The molecule has 1 aromatic carbocycles. The van der Waals surface area contributed by atoms with E-state index in [4.69, 9.17) is 4.74 Å². The maximum atomic E-state index is 12.6. The Morgan fingerprint density at radius 3 is 2.38 bits per heavy atom. The summed E-state index contributed by atoms with van der Waals surface area (Å²) in [6, 6.07) is 7.71. The van der Waals surface area contributed by atoms with E-state index in [-0.39, 0.29) is 12.1 Å². The van der Waals surface area contributed by atoms with Gasteiger partial charge in [0.25, 0.3) is 0 Å². The molecule has 2 N–H and O–H groups in total. The second kappa shape index (κ2) is 8.01. The fourth-order valence-corrected chi connectivity index (χ4v) is 4.46. The first-order valence-electron chi connectivity index (χ1n) is 10.6. The number of hydrogen-bond donors (Lipinski definition) is 2. The molecule has 2 aliphatic rings. The Morgan fingerprint density at radius 2 is 1.83 bits per heavy atom. The minimum absolute atomic E-state index is 0.116. The van der Waals surface area contributed by atoms with E-state index in [1.54, 1.807) is 18.7 Å². The van der Waals surface area contributed by atoms with Crippen LogP contribution in [-0.4, -0.2) is 44.6 Å². The van der Waals surface area contributed by atoms with E-state index in [0.29, 0.717) is 19.4 Å². The Balaban J connectivity index is 1.64. The van der Waals surface area contributed by atoms with E-state index in [1.165, 1.54) is 0 Å². The number of ether oxygens (including phenoxy) is 1. The first-order valence-corrected chi connectivity index (χ1v) is 10.6. The van der Waals surface area contributed by atoms with Crippen LogP contribution in [0, 0.1) is 11.8 Å². The monoisotopic (exact) mass is 399 g/mol. The van der Waals surface area contributed by atoms with Crippen molar-refractivity contribution >= 4 is 6.09 Å². The molecule has 5 nitrogen and oxygen atoms in total. The highest BCUT2D eigenvalue weighted by atomic mass is 16.6. The van der Waals surface area contributed by atoms with Gasteiger partial charge in [0.2, 0.25) is 0 Å². The quantitative estimate of drug-likeness (QED) is 0.746. The lowest BCUT2D eigenvalue weighted by Gasteiger charge is -2.43. The van der Waals surface area contributed by atoms with Crippen molar-refractivity contribution in [3.05, 3.63) is 35.4 Å². The van der Waals surface area contributed by atoms with Gasteiger partial charge in [0.05, 0.1) is 11.6 Å². The maximum absolute atomic E-state index is 12.6. The zero-order chi connectivity index (χ0) is 21.3. The van der Waals surface area contributed by atoms with Crippen LogP contribution in [0.5, 0.6) is 0 Å². The first-order chi connectivity index (χ1) is 13.5. The van der Waals surface area contributed by atoms with Gasteiger partial charge in [-0.2, -0.15) is 0 Å². The van der Waals surface area contributed by atoms with Crippen LogP contribution < -0.4 is 0 Å². The van der Waals surface area contributed by atoms with E-state index in [1.807, 2.05) is 38.1 Å². The molecule has 1 amide bonds. The summed E-state index contributed by atoms with van der Waals surface area (Å²) in [6.07, 6.45) is 4.30. The molecule has 0 bridgehead atoms. The van der Waals surface area contributed by atoms with Crippen molar-refractivity contribution in [3.8, 4) is 11.8 Å². The average molecular weight is 400 g/mol. The number of aliphatic hydroxyl groups is 2. The van der Waals surface area contributed by atoms with Crippen LogP contribution in [0.3, 0.4) is 0 Å². The Morgan fingerprint density at radius 1 is 1.21 bits per heavy atom. The minimum Gasteiger partial charge on any atom is -0.443 e. The Kier molecular flexibility index (Phi) is 5.98. The van der Waals surface area contributed by atoms with Crippen molar-refractivity contribution < 1.29 is 19.7 Å². The number of hydrogen-bond acceptors (Lipinski definition) is 4. The number of nitrogens with zero attached hydrogens (tertiary/aromatic N) is 1. The van der Waals surface area contributed by atoms with E-state index < -0.39 is 16.8 Å². The molecule has 158 valence electrons. The summed E-state index contributed by atoms with van der Waals surface area (Å²) < 4.78 is 5.71. The van der Waals surface area contributed by atoms with Crippen molar-refractivity contribution in [2.75, 3.05) is 6.54 Å². The summed E-state index contributed by atoms with van der Waals surface area (Å²) in [5, 5.41) is 20.5. The van der Waals surface area contributed by atoms with Gasteiger partial charge in [0, 0.05) is 24.9 Å². The number of carbonyl (C=O) groups is 1. The van der Waals surface area contributed by atoms with Crippen LogP contribution in [0.25, 0.3) is 0 Å². The van der Waals surface area contributed by atoms with Gasteiger partial charge in [-0.1, -0.05) is 24.0 Å². The third kappa shape index (κ3) is 5.52. The fourth-order valence-electron chi connectivity index (χ4n) is 4.46. The highest BCUT2D eigenvalue weighted by Crippen LogP contribution is 2.34. The van der Waals surface area contributed by atoms with Crippen LogP contribution in [0.4, 0.5) is 4.79 Å². The molecule has 29 heavy (non-hydrogen) atoms. The first kappa shape index (κ1) is 21.7. The fraction of sp³-hybridized carbons (Fsp3) is 0.625. The number of benzene rings is 1. The highest BCUT2D eigenvalue weighted by Gasteiger charge is 2.41. The van der Waals surface area contributed by atoms with Gasteiger partial charge in [-0.15, -0.1) is 0 Å². The van der Waals surface area contributed by atoms with Crippen LogP contribution >= 0.6 is 0 Å². The molecule has 0 radical (unpaired) electrons. The van der Waals surface area contributed by atoms with Gasteiger partial charge in [0.1, 0.15) is 11.2 Å². The number of cyclic esters (lactones) is 1. The van der Waals surface area contributed by atoms with Gasteiger partial charge >= 0.3 is 6.09 Å². The lowest BCUT2D eigenvalue weighted by atomic mass is 9.87. The summed E-state index contributed by atoms with van der Waals surface area (Å²) in [6.45, 7) is 7.92. The molecule has 1 heterocycles. The van der Waals surface area contributed by atoms with Crippen LogP contribution in [0.15, 0.2) is 24.3 Å². The molecule has 2 fully saturated rings. The number of rotatable bonds is 4. The van der Waals surface area contributed by atoms with E-state index in [9.17, 15) is 15.0 Å². The van der Waals surface area contributed by atoms with Crippen LogP contribution in [0.1, 0.15) is 83.4 Å². The molecule has 1 aliphatic heterocycles. The van der Waals surface area contributed by atoms with Gasteiger partial charge in [-0.3, -0.25) is 0 Å². The number of amides is 1.